The monoisotopic (exact) mass is 317 g/mol. The quantitative estimate of drug-likeness (QED) is 0.822. The van der Waals surface area contributed by atoms with E-state index in [2.05, 4.69) is 31.6 Å². The Labute approximate surface area is 111 Å². The Balaban J connectivity index is 2.02. The van der Waals surface area contributed by atoms with Gasteiger partial charge in [0, 0.05) is 12.0 Å². The first kappa shape index (κ1) is 12.5. The summed E-state index contributed by atoms with van der Waals surface area (Å²) in [4.78, 5) is 16.9. The molecule has 17 heavy (non-hydrogen) atoms. The first-order valence-corrected chi connectivity index (χ1v) is 6.67. The summed E-state index contributed by atoms with van der Waals surface area (Å²) in [6.45, 7) is 1.07. The fourth-order valence-electron chi connectivity index (χ4n) is 1.44. The molecule has 2 rings (SSSR count). The number of nitrogens with one attached hydrogen (secondary N) is 2. The molecule has 0 aliphatic carbocycles. The van der Waals surface area contributed by atoms with E-state index in [1.54, 1.807) is 7.11 Å². The molecule has 0 saturated carbocycles. The number of methoxy groups -OCH3 is 1. The Bertz CT molecular complexity index is 447. The van der Waals surface area contributed by atoms with Crippen LogP contribution in [0.1, 0.15) is 10.9 Å². The molecule has 0 spiro atoms. The number of ether oxygens (including phenoxy) is 1. The van der Waals surface area contributed by atoms with E-state index in [1.165, 1.54) is 11.3 Å². The predicted molar refractivity (Wildman–Crippen MR) is 70.2 cm³/mol. The van der Waals surface area contributed by atoms with E-state index >= 15 is 0 Å². The number of amides is 1. The van der Waals surface area contributed by atoms with Crippen molar-refractivity contribution in [3.63, 3.8) is 0 Å². The SMILES string of the molecule is COCCN=C1NC(=O)C(c2ccc(Br)s2)N1. The molecule has 1 atom stereocenters. The summed E-state index contributed by atoms with van der Waals surface area (Å²) in [5, 5.41) is 5.76. The number of aliphatic imine (C=N–C) groups is 1. The van der Waals surface area contributed by atoms with Crippen LogP contribution < -0.4 is 10.6 Å². The van der Waals surface area contributed by atoms with Crippen LogP contribution in [-0.4, -0.2) is 32.1 Å². The van der Waals surface area contributed by atoms with Crippen LogP contribution in [0.5, 0.6) is 0 Å². The van der Waals surface area contributed by atoms with Crippen molar-refractivity contribution in [3.8, 4) is 0 Å². The fraction of sp³-hybridized carbons (Fsp3) is 0.400. The lowest BCUT2D eigenvalue weighted by Gasteiger charge is -2.03. The topological polar surface area (TPSA) is 62.7 Å². The minimum absolute atomic E-state index is 0.0736. The van der Waals surface area contributed by atoms with Crippen LogP contribution in [0.3, 0.4) is 0 Å². The molecule has 92 valence electrons. The van der Waals surface area contributed by atoms with Crippen molar-refractivity contribution in [1.82, 2.24) is 10.6 Å². The molecule has 5 nitrogen and oxygen atoms in total. The lowest BCUT2D eigenvalue weighted by molar-refractivity contribution is -0.120. The highest BCUT2D eigenvalue weighted by Gasteiger charge is 2.30. The Kier molecular flexibility index (Phi) is 4.14. The van der Waals surface area contributed by atoms with Crippen molar-refractivity contribution in [1.29, 1.82) is 0 Å². The van der Waals surface area contributed by atoms with Gasteiger partial charge in [0.15, 0.2) is 5.96 Å². The number of rotatable bonds is 4. The summed E-state index contributed by atoms with van der Waals surface area (Å²) < 4.78 is 5.90. The summed E-state index contributed by atoms with van der Waals surface area (Å²) in [5.41, 5.74) is 0. The highest BCUT2D eigenvalue weighted by molar-refractivity contribution is 9.11. The normalized spacial score (nSPS) is 21.6. The third-order valence-electron chi connectivity index (χ3n) is 2.23. The zero-order chi connectivity index (χ0) is 12.3. The van der Waals surface area contributed by atoms with Crippen LogP contribution in [0.15, 0.2) is 20.9 Å². The van der Waals surface area contributed by atoms with Crippen LogP contribution in [0, 0.1) is 0 Å². The first-order chi connectivity index (χ1) is 8.20. The molecule has 2 N–H and O–H groups in total. The number of hydrogen-bond donors (Lipinski definition) is 2. The molecule has 1 aliphatic rings. The van der Waals surface area contributed by atoms with E-state index in [-0.39, 0.29) is 11.9 Å². The van der Waals surface area contributed by atoms with Gasteiger partial charge in [-0.3, -0.25) is 15.1 Å². The second kappa shape index (κ2) is 5.61. The Morgan fingerprint density at radius 3 is 3.06 bits per heavy atom. The van der Waals surface area contributed by atoms with Gasteiger partial charge in [-0.15, -0.1) is 11.3 Å². The van der Waals surface area contributed by atoms with Gasteiger partial charge in [-0.1, -0.05) is 0 Å². The third-order valence-corrected chi connectivity index (χ3v) is 3.92. The van der Waals surface area contributed by atoms with Crippen molar-refractivity contribution in [2.45, 2.75) is 6.04 Å². The molecule has 1 saturated heterocycles. The van der Waals surface area contributed by atoms with Crippen molar-refractivity contribution in [3.05, 3.63) is 20.8 Å². The molecule has 1 aromatic heterocycles. The van der Waals surface area contributed by atoms with Crippen molar-refractivity contribution in [2.24, 2.45) is 4.99 Å². The minimum atomic E-state index is -0.340. The smallest absolute Gasteiger partial charge is 0.254 e. The number of carbonyl (C=O) groups is 1. The Hall–Kier alpha value is -0.920. The summed E-state index contributed by atoms with van der Waals surface area (Å²) >= 11 is 4.91. The maximum atomic E-state index is 11.7. The molecule has 0 radical (unpaired) electrons. The molecule has 0 aromatic carbocycles. The molecule has 1 unspecified atom stereocenters. The van der Waals surface area contributed by atoms with Crippen LogP contribution in [0.2, 0.25) is 0 Å². The predicted octanol–water partition coefficient (Wildman–Crippen LogP) is 1.27. The van der Waals surface area contributed by atoms with Crippen LogP contribution >= 0.6 is 27.3 Å². The van der Waals surface area contributed by atoms with Gasteiger partial charge < -0.3 is 10.1 Å². The maximum absolute atomic E-state index is 11.7. The Morgan fingerprint density at radius 1 is 1.59 bits per heavy atom. The molecule has 1 amide bonds. The molecule has 1 fully saturated rings. The largest absolute Gasteiger partial charge is 0.383 e. The average molecular weight is 318 g/mol. The second-order valence-corrected chi connectivity index (χ2v) is 5.93. The molecule has 2 heterocycles. The maximum Gasteiger partial charge on any atom is 0.254 e. The zero-order valence-electron chi connectivity index (χ0n) is 9.20. The number of hydrogen-bond acceptors (Lipinski definition) is 4. The summed E-state index contributed by atoms with van der Waals surface area (Å²) in [5.74, 6) is 0.442. The number of guanidine groups is 1. The van der Waals surface area contributed by atoms with E-state index in [9.17, 15) is 4.79 Å². The molecule has 7 heteroatoms. The Morgan fingerprint density at radius 2 is 2.41 bits per heavy atom. The number of thiophene rings is 1. The summed E-state index contributed by atoms with van der Waals surface area (Å²) in [6.07, 6.45) is 0. The van der Waals surface area contributed by atoms with Crippen LogP contribution in [0.25, 0.3) is 0 Å². The standard InChI is InChI=1S/C10H12BrN3O2S/c1-16-5-4-12-10-13-8(9(15)14-10)6-2-3-7(11)17-6/h2-3,8H,4-5H2,1H3,(H2,12,13,14,15). The van der Waals surface area contributed by atoms with E-state index in [0.29, 0.717) is 19.1 Å². The van der Waals surface area contributed by atoms with Crippen molar-refractivity contribution in [2.75, 3.05) is 20.3 Å². The lowest BCUT2D eigenvalue weighted by atomic mass is 10.2. The van der Waals surface area contributed by atoms with Gasteiger partial charge in [-0.25, -0.2) is 0 Å². The van der Waals surface area contributed by atoms with Gasteiger partial charge in [0.25, 0.3) is 5.91 Å². The van der Waals surface area contributed by atoms with Crippen LogP contribution in [-0.2, 0) is 9.53 Å². The van der Waals surface area contributed by atoms with Crippen molar-refractivity contribution >= 4 is 39.1 Å². The molecule has 1 aromatic rings. The van der Waals surface area contributed by atoms with Crippen molar-refractivity contribution < 1.29 is 9.53 Å². The molecule has 0 bridgehead atoms. The number of halogens is 1. The molecular weight excluding hydrogens is 306 g/mol. The van der Waals surface area contributed by atoms with E-state index in [4.69, 9.17) is 4.74 Å². The molecule has 1 aliphatic heterocycles. The van der Waals surface area contributed by atoms with Gasteiger partial charge in [0.1, 0.15) is 6.04 Å². The second-order valence-electron chi connectivity index (χ2n) is 3.43. The highest BCUT2D eigenvalue weighted by Crippen LogP contribution is 2.28. The summed E-state index contributed by atoms with van der Waals surface area (Å²) in [6, 6.07) is 3.51. The number of nitrogens with zero attached hydrogens (tertiary/aromatic N) is 1. The fourth-order valence-corrected chi connectivity index (χ4v) is 2.92. The molecular formula is C10H12BrN3O2S. The number of carbonyl (C=O) groups excluding carboxylic acids is 1. The van der Waals surface area contributed by atoms with Gasteiger partial charge in [0.2, 0.25) is 0 Å². The van der Waals surface area contributed by atoms with Gasteiger partial charge in [0.05, 0.1) is 16.9 Å². The van der Waals surface area contributed by atoms with Gasteiger partial charge in [-0.2, -0.15) is 0 Å². The zero-order valence-corrected chi connectivity index (χ0v) is 11.6. The van der Waals surface area contributed by atoms with E-state index in [1.807, 2.05) is 12.1 Å². The average Bonchev–Trinajstić information content (AvgIpc) is 2.85. The van der Waals surface area contributed by atoms with Gasteiger partial charge in [-0.05, 0) is 28.1 Å². The minimum Gasteiger partial charge on any atom is -0.383 e. The van der Waals surface area contributed by atoms with E-state index in [0.717, 1.165) is 8.66 Å². The van der Waals surface area contributed by atoms with Crippen LogP contribution in [0.4, 0.5) is 0 Å². The first-order valence-electron chi connectivity index (χ1n) is 5.06. The highest BCUT2D eigenvalue weighted by atomic mass is 79.9. The lowest BCUT2D eigenvalue weighted by Crippen LogP contribution is -2.26. The summed E-state index contributed by atoms with van der Waals surface area (Å²) in [7, 11) is 1.62. The third kappa shape index (κ3) is 3.05. The van der Waals surface area contributed by atoms with Gasteiger partial charge >= 0.3 is 0 Å². The van der Waals surface area contributed by atoms with E-state index < -0.39 is 0 Å².